The molecule has 0 aliphatic rings. The van der Waals surface area contributed by atoms with Crippen molar-refractivity contribution in [3.05, 3.63) is 292 Å². The largest absolute Gasteiger partial charge is 0.356 e. The SMILES string of the molecule is CCCCCC[n+]1ccc(C(C)CC(CC(CC(CC)c2cc[n+](CCCCCC(=O)NCCCCCCn3ccnc3-c3cccc(C)n3)cc2)c2cc[n+](CCCCCC(=O)NCCCCCCn3ccnc3-c3cccc(C)n3)cc2)c2ccncc2)cc1.Cn1ccnc1-c1nccn1C.Cn1ccnc1-c1nccn1C.Cn1ccnc1-c1nccn1C.Cn1ccnc1-c1nccn1C.[Os].[Os]. The van der Waals surface area contributed by atoms with E-state index in [-0.39, 0.29) is 51.4 Å². The van der Waals surface area contributed by atoms with Gasteiger partial charge in [-0.05, 0) is 180 Å². The van der Waals surface area contributed by atoms with Crippen molar-refractivity contribution in [2.45, 2.75) is 245 Å². The van der Waals surface area contributed by atoms with Gasteiger partial charge < -0.3 is 56.3 Å². The molecule has 16 rings (SSSR count). The molecule has 2 N–H and O–H groups in total. The fourth-order valence-corrected chi connectivity index (χ4v) is 17.7. The van der Waals surface area contributed by atoms with Crippen LogP contribution in [0.5, 0.6) is 0 Å². The molecule has 0 aliphatic carbocycles. The first-order valence-corrected chi connectivity index (χ1v) is 50.4. The van der Waals surface area contributed by atoms with E-state index < -0.39 is 0 Å². The van der Waals surface area contributed by atoms with Crippen molar-refractivity contribution in [2.75, 3.05) is 13.1 Å². The van der Waals surface area contributed by atoms with E-state index in [1.54, 1.807) is 49.6 Å². The summed E-state index contributed by atoms with van der Waals surface area (Å²) in [5.74, 6) is 10.8. The van der Waals surface area contributed by atoms with Crippen molar-refractivity contribution in [3.63, 3.8) is 0 Å². The maximum Gasteiger partial charge on any atom is 0.219 e. The molecular formula is C110H149N28O2Os2+3. The normalized spacial score (nSPS) is 11.8. The number of aryl methyl sites for hydroxylation is 15. The summed E-state index contributed by atoms with van der Waals surface area (Å²) >= 11 is 0. The Bertz CT molecular complexity index is 5790. The van der Waals surface area contributed by atoms with Crippen molar-refractivity contribution in [3.8, 4) is 69.6 Å². The number of imidazole rings is 10. The Kier molecular flexibility index (Phi) is 46.9. The number of carbonyl (C=O) groups is 2. The summed E-state index contributed by atoms with van der Waals surface area (Å²) in [5.41, 5.74) is 9.40. The maximum atomic E-state index is 12.8. The number of unbranched alkanes of at least 4 members (excludes halogenated alkanes) is 13. The van der Waals surface area contributed by atoms with Gasteiger partial charge in [-0.25, -0.2) is 73.5 Å². The smallest absolute Gasteiger partial charge is 0.219 e. The Morgan fingerprint density at radius 1 is 0.310 bits per heavy atom. The van der Waals surface area contributed by atoms with E-state index in [9.17, 15) is 9.59 Å². The summed E-state index contributed by atoms with van der Waals surface area (Å²) in [4.78, 5) is 82.0. The van der Waals surface area contributed by atoms with Crippen molar-refractivity contribution in [1.82, 2.24) is 121 Å². The van der Waals surface area contributed by atoms with Gasteiger partial charge in [0.25, 0.3) is 0 Å². The Balaban J connectivity index is 0.000000327. The van der Waals surface area contributed by atoms with Gasteiger partial charge in [-0.2, -0.15) is 0 Å². The van der Waals surface area contributed by atoms with Gasteiger partial charge in [0.15, 0.2) is 95.4 Å². The van der Waals surface area contributed by atoms with Crippen LogP contribution >= 0.6 is 0 Å². The van der Waals surface area contributed by atoms with Crippen LogP contribution in [0, 0.1) is 13.8 Å². The number of rotatable bonds is 48. The molecule has 0 radical (unpaired) electrons. The third kappa shape index (κ3) is 34.8. The zero-order chi connectivity index (χ0) is 98.6. The van der Waals surface area contributed by atoms with Crippen molar-refractivity contribution < 1.29 is 62.9 Å². The van der Waals surface area contributed by atoms with Crippen LogP contribution in [-0.2, 0) is 138 Å². The van der Waals surface area contributed by atoms with Crippen LogP contribution in [0.3, 0.4) is 0 Å². The maximum absolute atomic E-state index is 12.8. The molecular weight excluding hydrogens is 2130 g/mol. The summed E-state index contributed by atoms with van der Waals surface area (Å²) in [6.45, 7) is 17.3. The Morgan fingerprint density at radius 2 is 0.599 bits per heavy atom. The van der Waals surface area contributed by atoms with E-state index >= 15 is 0 Å². The van der Waals surface area contributed by atoms with E-state index in [2.05, 4.69) is 205 Å². The molecule has 2 amide bonds. The Labute approximate surface area is 866 Å². The topological polar surface area (TPSA) is 287 Å². The van der Waals surface area contributed by atoms with Gasteiger partial charge in [0.2, 0.25) is 11.8 Å². The second-order valence-electron chi connectivity index (χ2n) is 36.8. The first-order chi connectivity index (χ1) is 68.3. The molecule has 4 unspecified atom stereocenters. The minimum atomic E-state index is 0. The molecule has 754 valence electrons. The molecule has 16 aromatic heterocycles. The van der Waals surface area contributed by atoms with Crippen LogP contribution in [0.15, 0.2) is 258 Å². The van der Waals surface area contributed by atoms with Crippen molar-refractivity contribution in [1.29, 1.82) is 0 Å². The average Bonchev–Trinajstić information content (AvgIpc) is 1.26. The number of hydrogen-bond donors (Lipinski definition) is 2. The summed E-state index contributed by atoms with van der Waals surface area (Å²) in [5, 5.41) is 6.34. The molecule has 16 heterocycles. The molecule has 32 heteroatoms. The zero-order valence-corrected chi connectivity index (χ0v) is 90.7. The number of carbonyl (C=O) groups excluding carboxylic acids is 2. The molecule has 16 aromatic rings. The van der Waals surface area contributed by atoms with Crippen LogP contribution in [0.4, 0.5) is 0 Å². The van der Waals surface area contributed by atoms with E-state index in [4.69, 9.17) is 0 Å². The quantitative estimate of drug-likeness (QED) is 0.0265. The molecule has 142 heavy (non-hydrogen) atoms. The molecule has 4 atom stereocenters. The summed E-state index contributed by atoms with van der Waals surface area (Å²) in [6, 6.07) is 30.8. The fraction of sp³-hybridized carbons (Fsp3) is 0.436. The molecule has 0 saturated carbocycles. The molecule has 0 aliphatic heterocycles. The first kappa shape index (κ1) is 111. The van der Waals surface area contributed by atoms with E-state index in [1.165, 1.54) is 47.9 Å². The van der Waals surface area contributed by atoms with Gasteiger partial charge in [0, 0.05) is 338 Å². The van der Waals surface area contributed by atoms with Gasteiger partial charge >= 0.3 is 0 Å². The van der Waals surface area contributed by atoms with Crippen LogP contribution in [0.2, 0.25) is 0 Å². The number of nitrogens with one attached hydrogen (secondary N) is 2. The average molecular weight is 2280 g/mol. The summed E-state index contributed by atoms with van der Waals surface area (Å²) in [6.07, 6.45) is 79.8. The molecule has 0 fully saturated rings. The summed E-state index contributed by atoms with van der Waals surface area (Å²) < 4.78 is 27.0. The van der Waals surface area contributed by atoms with Gasteiger partial charge in [-0.15, -0.1) is 0 Å². The monoisotopic (exact) mass is 2280 g/mol. The van der Waals surface area contributed by atoms with Gasteiger partial charge in [-0.1, -0.05) is 71.4 Å². The first-order valence-electron chi connectivity index (χ1n) is 50.4. The molecule has 0 aromatic carbocycles. The third-order valence-corrected chi connectivity index (χ3v) is 26.0. The predicted octanol–water partition coefficient (Wildman–Crippen LogP) is 18.8. The van der Waals surface area contributed by atoms with Crippen LogP contribution in [0.1, 0.15) is 232 Å². The van der Waals surface area contributed by atoms with Crippen molar-refractivity contribution >= 4 is 11.8 Å². The molecule has 0 spiro atoms. The number of nitrogens with zero attached hydrogens (tertiary/aromatic N) is 26. The number of aromatic nitrogens is 26. The fourth-order valence-electron chi connectivity index (χ4n) is 17.7. The van der Waals surface area contributed by atoms with Crippen LogP contribution in [-0.4, -0.2) is 135 Å². The molecule has 0 saturated heterocycles. The Morgan fingerprint density at radius 3 is 0.923 bits per heavy atom. The number of pyridine rings is 6. The van der Waals surface area contributed by atoms with Gasteiger partial charge in [0.1, 0.15) is 31.0 Å². The zero-order valence-electron chi connectivity index (χ0n) is 85.6. The Hall–Kier alpha value is -12.8. The van der Waals surface area contributed by atoms with E-state index in [0.717, 1.165) is 242 Å². The standard InChI is InChI=1S/C78H107N12O2.4C8H10N4.2Os/c1-6-8-9-20-47-86-52-35-67(36-53-86)63(3)60-71(68-33-43-79-44-34-68)62-72(70-39-56-88(57-40-70)49-22-15-17-32-76(92)81-42-19-11-13-24-51-90-59-46-83-78(90)74-30-26-28-65(5)85-74)61-66(7-2)69-37-54-87(55-38-69)48-21-14-16-31-75(91)80-41-18-10-12-23-50-89-58-45-82-77(89)73-29-25-27-64(4)84-73;4*1-11-5-3-9-7(11)8-10-4-6-12(8)2;;/h25-30,33-40,43-46,52-59,63,66,71-72H,6-24,31-32,41-42,47-51,60-62H2,1-5H3;4*3-6H,1-2H3;;/q+1;;;;;;/p+2. The second kappa shape index (κ2) is 59.8. The minimum Gasteiger partial charge on any atom is -0.356 e. The van der Waals surface area contributed by atoms with Crippen LogP contribution < -0.4 is 24.3 Å². The molecule has 30 nitrogen and oxygen atoms in total. The third-order valence-electron chi connectivity index (χ3n) is 26.0. The number of amides is 2. The van der Waals surface area contributed by atoms with Crippen LogP contribution in [0.25, 0.3) is 69.6 Å². The van der Waals surface area contributed by atoms with Crippen molar-refractivity contribution in [2.24, 2.45) is 56.4 Å². The minimum absolute atomic E-state index is 0. The van der Waals surface area contributed by atoms with Gasteiger partial charge in [0.05, 0.1) is 0 Å². The predicted molar refractivity (Wildman–Crippen MR) is 551 cm³/mol. The number of hydrogen-bond acceptors (Lipinski definition) is 15. The van der Waals surface area contributed by atoms with E-state index in [1.807, 2.05) is 230 Å². The second-order valence-corrected chi connectivity index (χ2v) is 36.8. The van der Waals surface area contributed by atoms with E-state index in [0.29, 0.717) is 36.5 Å². The van der Waals surface area contributed by atoms with Gasteiger partial charge in [-0.3, -0.25) is 14.6 Å². The molecule has 0 bridgehead atoms. The summed E-state index contributed by atoms with van der Waals surface area (Å²) in [7, 11) is 15.6.